The van der Waals surface area contributed by atoms with Crippen LogP contribution in [0.3, 0.4) is 0 Å². The zero-order valence-electron chi connectivity index (χ0n) is 16.7. The van der Waals surface area contributed by atoms with Crippen LogP contribution in [0.25, 0.3) is 6.08 Å². The van der Waals surface area contributed by atoms with E-state index in [1.54, 1.807) is 49.5 Å². The molecular formula is C23H16Cl3N3O3. The molecule has 0 bridgehead atoms. The van der Waals surface area contributed by atoms with E-state index in [-0.39, 0.29) is 11.3 Å². The summed E-state index contributed by atoms with van der Waals surface area (Å²) >= 11 is 18.4. The standard InChI is InChI=1S/C23H16Cl3N3O3/c1-13-4-7-17(11-19(13)25)29-22(31)18(21(30)27-23(29)32)10-16-3-2-8-28(16)12-14-5-6-15(24)9-20(14)26/h2-11H,12H2,1H3,(H,27,30,32)/b18-10-. The predicted molar refractivity (Wildman–Crippen MR) is 125 cm³/mol. The highest BCUT2D eigenvalue weighted by Crippen LogP contribution is 2.27. The lowest BCUT2D eigenvalue weighted by Crippen LogP contribution is -2.54. The summed E-state index contributed by atoms with van der Waals surface area (Å²) in [6.07, 6.45) is 3.24. The predicted octanol–water partition coefficient (Wildman–Crippen LogP) is 5.47. The zero-order valence-corrected chi connectivity index (χ0v) is 19.0. The molecule has 2 heterocycles. The van der Waals surface area contributed by atoms with E-state index in [2.05, 4.69) is 5.32 Å². The van der Waals surface area contributed by atoms with Crippen molar-refractivity contribution >= 4 is 64.4 Å². The molecule has 9 heteroatoms. The molecule has 0 radical (unpaired) electrons. The molecule has 1 saturated heterocycles. The van der Waals surface area contributed by atoms with Crippen molar-refractivity contribution in [3.05, 3.63) is 92.2 Å². The number of barbiturate groups is 1. The number of anilines is 1. The fourth-order valence-electron chi connectivity index (χ4n) is 3.30. The van der Waals surface area contributed by atoms with Gasteiger partial charge in [-0.2, -0.15) is 0 Å². The molecule has 2 aromatic carbocycles. The number of hydrogen-bond donors (Lipinski definition) is 1. The first kappa shape index (κ1) is 22.1. The third kappa shape index (κ3) is 4.30. The number of amides is 4. The fraction of sp³-hybridized carbons (Fsp3) is 0.0870. The second-order valence-electron chi connectivity index (χ2n) is 7.19. The van der Waals surface area contributed by atoms with Gasteiger partial charge in [-0.1, -0.05) is 46.9 Å². The number of halogens is 3. The Morgan fingerprint density at radius 3 is 2.47 bits per heavy atom. The van der Waals surface area contributed by atoms with E-state index in [0.29, 0.717) is 27.3 Å². The van der Waals surface area contributed by atoms with Gasteiger partial charge in [0.05, 0.1) is 5.69 Å². The minimum atomic E-state index is -0.833. The van der Waals surface area contributed by atoms with Gasteiger partial charge < -0.3 is 4.57 Å². The van der Waals surface area contributed by atoms with Crippen molar-refractivity contribution in [2.75, 3.05) is 4.90 Å². The molecule has 1 aliphatic heterocycles. The van der Waals surface area contributed by atoms with Crippen LogP contribution < -0.4 is 10.2 Å². The molecule has 1 aromatic heterocycles. The van der Waals surface area contributed by atoms with E-state index in [1.165, 1.54) is 12.1 Å². The molecule has 0 aliphatic carbocycles. The van der Waals surface area contributed by atoms with Gasteiger partial charge in [-0.05, 0) is 60.5 Å². The van der Waals surface area contributed by atoms with E-state index in [0.717, 1.165) is 16.0 Å². The molecule has 0 atom stereocenters. The molecule has 4 rings (SSSR count). The van der Waals surface area contributed by atoms with Gasteiger partial charge in [0.25, 0.3) is 11.8 Å². The number of imide groups is 2. The van der Waals surface area contributed by atoms with Crippen LogP contribution in [0, 0.1) is 6.92 Å². The average molecular weight is 489 g/mol. The summed E-state index contributed by atoms with van der Waals surface area (Å²) in [4.78, 5) is 38.9. The van der Waals surface area contributed by atoms with Gasteiger partial charge in [-0.3, -0.25) is 14.9 Å². The Bertz CT molecular complexity index is 1300. The maximum Gasteiger partial charge on any atom is 0.335 e. The molecule has 0 saturated carbocycles. The van der Waals surface area contributed by atoms with Crippen LogP contribution in [0.4, 0.5) is 10.5 Å². The number of rotatable bonds is 4. The highest BCUT2D eigenvalue weighted by atomic mass is 35.5. The van der Waals surface area contributed by atoms with Crippen LogP contribution in [0.2, 0.25) is 15.1 Å². The number of urea groups is 1. The first-order valence-electron chi connectivity index (χ1n) is 9.51. The lowest BCUT2D eigenvalue weighted by atomic mass is 10.1. The summed E-state index contributed by atoms with van der Waals surface area (Å²) in [7, 11) is 0. The minimum absolute atomic E-state index is 0.177. The van der Waals surface area contributed by atoms with Crippen LogP contribution >= 0.6 is 34.8 Å². The van der Waals surface area contributed by atoms with Gasteiger partial charge in [0.15, 0.2) is 0 Å². The van der Waals surface area contributed by atoms with Crippen molar-refractivity contribution in [1.29, 1.82) is 0 Å². The molecule has 6 nitrogen and oxygen atoms in total. The average Bonchev–Trinajstić information content (AvgIpc) is 3.16. The Hall–Kier alpha value is -3.06. The van der Waals surface area contributed by atoms with Gasteiger partial charge in [0, 0.05) is 33.5 Å². The molecule has 1 N–H and O–H groups in total. The molecule has 4 amide bonds. The van der Waals surface area contributed by atoms with Gasteiger partial charge >= 0.3 is 6.03 Å². The van der Waals surface area contributed by atoms with Crippen LogP contribution in [0.5, 0.6) is 0 Å². The minimum Gasteiger partial charge on any atom is -0.343 e. The summed E-state index contributed by atoms with van der Waals surface area (Å²) < 4.78 is 1.83. The number of carbonyl (C=O) groups excluding carboxylic acids is 3. The number of benzene rings is 2. The van der Waals surface area contributed by atoms with Crippen LogP contribution in [0.15, 0.2) is 60.3 Å². The normalized spacial score (nSPS) is 15.4. The molecule has 1 fully saturated rings. The van der Waals surface area contributed by atoms with Crippen LogP contribution in [-0.2, 0) is 16.1 Å². The largest absolute Gasteiger partial charge is 0.343 e. The molecule has 162 valence electrons. The highest BCUT2D eigenvalue weighted by molar-refractivity contribution is 6.39. The van der Waals surface area contributed by atoms with Crippen LogP contribution in [-0.4, -0.2) is 22.4 Å². The monoisotopic (exact) mass is 487 g/mol. The van der Waals surface area contributed by atoms with Gasteiger partial charge in [-0.25, -0.2) is 9.69 Å². The molecule has 32 heavy (non-hydrogen) atoms. The Morgan fingerprint density at radius 2 is 1.75 bits per heavy atom. The lowest BCUT2D eigenvalue weighted by Gasteiger charge is -2.26. The number of hydrogen-bond acceptors (Lipinski definition) is 3. The molecule has 0 unspecified atom stereocenters. The Kier molecular flexibility index (Phi) is 6.11. The topological polar surface area (TPSA) is 71.4 Å². The van der Waals surface area contributed by atoms with Crippen molar-refractivity contribution in [1.82, 2.24) is 9.88 Å². The Labute approximate surface area is 199 Å². The fourth-order valence-corrected chi connectivity index (χ4v) is 3.94. The van der Waals surface area contributed by atoms with E-state index in [9.17, 15) is 14.4 Å². The SMILES string of the molecule is Cc1ccc(N2C(=O)NC(=O)/C(=C/c3cccn3Cc3ccc(Cl)cc3Cl)C2=O)cc1Cl. The number of nitrogens with zero attached hydrogens (tertiary/aromatic N) is 2. The first-order chi connectivity index (χ1) is 15.2. The van der Waals surface area contributed by atoms with Gasteiger partial charge in [-0.15, -0.1) is 0 Å². The highest BCUT2D eigenvalue weighted by Gasteiger charge is 2.37. The Morgan fingerprint density at radius 1 is 0.969 bits per heavy atom. The van der Waals surface area contributed by atoms with Crippen LogP contribution in [0.1, 0.15) is 16.8 Å². The summed E-state index contributed by atoms with van der Waals surface area (Å²) in [6.45, 7) is 2.20. The summed E-state index contributed by atoms with van der Waals surface area (Å²) in [5, 5.41) is 3.64. The second kappa shape index (κ2) is 8.82. The molecule has 1 aliphatic rings. The number of carbonyl (C=O) groups is 3. The number of aryl methyl sites for hydroxylation is 1. The summed E-state index contributed by atoms with van der Waals surface area (Å²) in [5.41, 5.74) is 2.29. The van der Waals surface area contributed by atoms with E-state index < -0.39 is 17.8 Å². The van der Waals surface area contributed by atoms with Crippen molar-refractivity contribution < 1.29 is 14.4 Å². The lowest BCUT2D eigenvalue weighted by molar-refractivity contribution is -0.122. The zero-order chi connectivity index (χ0) is 23.0. The Balaban J connectivity index is 1.68. The van der Waals surface area contributed by atoms with Gasteiger partial charge in [0.2, 0.25) is 0 Å². The molecule has 3 aromatic rings. The van der Waals surface area contributed by atoms with E-state index >= 15 is 0 Å². The number of nitrogens with one attached hydrogen (secondary N) is 1. The molecular weight excluding hydrogens is 473 g/mol. The first-order valence-corrected chi connectivity index (χ1v) is 10.6. The quantitative estimate of drug-likeness (QED) is 0.391. The third-order valence-electron chi connectivity index (χ3n) is 5.03. The third-order valence-corrected chi connectivity index (χ3v) is 6.02. The van der Waals surface area contributed by atoms with E-state index in [1.807, 2.05) is 10.6 Å². The molecule has 0 spiro atoms. The van der Waals surface area contributed by atoms with Crippen molar-refractivity contribution in [2.24, 2.45) is 0 Å². The van der Waals surface area contributed by atoms with Crippen molar-refractivity contribution in [3.63, 3.8) is 0 Å². The van der Waals surface area contributed by atoms with E-state index in [4.69, 9.17) is 34.8 Å². The van der Waals surface area contributed by atoms with Crippen molar-refractivity contribution in [3.8, 4) is 0 Å². The smallest absolute Gasteiger partial charge is 0.335 e. The summed E-state index contributed by atoms with van der Waals surface area (Å²) in [6, 6.07) is 12.7. The van der Waals surface area contributed by atoms with Crippen molar-refractivity contribution in [2.45, 2.75) is 13.5 Å². The maximum absolute atomic E-state index is 13.1. The summed E-state index contributed by atoms with van der Waals surface area (Å²) in [5.74, 6) is -1.51. The number of aromatic nitrogens is 1. The second-order valence-corrected chi connectivity index (χ2v) is 8.44. The van der Waals surface area contributed by atoms with Gasteiger partial charge in [0.1, 0.15) is 5.57 Å². The maximum atomic E-state index is 13.1.